The highest BCUT2D eigenvalue weighted by Gasteiger charge is 2.19. The maximum absolute atomic E-state index is 13.6. The van der Waals surface area contributed by atoms with Gasteiger partial charge in [-0.15, -0.1) is 0 Å². The first-order chi connectivity index (χ1) is 8.11. The minimum Gasteiger partial charge on any atom is -0.320 e. The van der Waals surface area contributed by atoms with Crippen LogP contribution in [0.1, 0.15) is 17.2 Å². The minimum absolute atomic E-state index is 0.166. The maximum atomic E-state index is 13.6. The normalized spacial score (nSPS) is 12.5. The van der Waals surface area contributed by atoms with Gasteiger partial charge in [0.2, 0.25) is 0 Å². The fourth-order valence-corrected chi connectivity index (χ4v) is 1.94. The molecule has 1 atom stereocenters. The Morgan fingerprint density at radius 1 is 0.941 bits per heavy atom. The second-order valence-electron chi connectivity index (χ2n) is 3.63. The molecule has 1 nitrogen and oxygen atoms in total. The zero-order chi connectivity index (χ0) is 12.4. The van der Waals surface area contributed by atoms with Gasteiger partial charge in [0.15, 0.2) is 0 Å². The summed E-state index contributed by atoms with van der Waals surface area (Å²) in [6.45, 7) is 0. The molecule has 0 amide bonds. The van der Waals surface area contributed by atoms with E-state index in [0.29, 0.717) is 10.6 Å². The Morgan fingerprint density at radius 3 is 2.12 bits per heavy atom. The highest BCUT2D eigenvalue weighted by molar-refractivity contribution is 6.31. The molecule has 0 saturated carbocycles. The Bertz CT molecular complexity index is 522. The zero-order valence-electron chi connectivity index (χ0n) is 8.83. The third-order valence-electron chi connectivity index (χ3n) is 2.55. The van der Waals surface area contributed by atoms with Crippen LogP contribution in [0.4, 0.5) is 8.78 Å². The lowest BCUT2D eigenvalue weighted by molar-refractivity contribution is 0.543. The van der Waals surface area contributed by atoms with Crippen molar-refractivity contribution in [1.82, 2.24) is 0 Å². The molecule has 2 aromatic rings. The van der Waals surface area contributed by atoms with Gasteiger partial charge in [-0.25, -0.2) is 8.78 Å². The summed E-state index contributed by atoms with van der Waals surface area (Å²) < 4.78 is 27.1. The summed E-state index contributed by atoms with van der Waals surface area (Å²) in [5.74, 6) is -1.34. The quantitative estimate of drug-likeness (QED) is 0.868. The number of rotatable bonds is 2. The van der Waals surface area contributed by atoms with E-state index in [1.54, 1.807) is 24.3 Å². The van der Waals surface area contributed by atoms with Crippen molar-refractivity contribution in [3.63, 3.8) is 0 Å². The number of halogens is 3. The highest BCUT2D eigenvalue weighted by Crippen LogP contribution is 2.29. The third-order valence-corrected chi connectivity index (χ3v) is 2.90. The van der Waals surface area contributed by atoms with Crippen molar-refractivity contribution in [2.45, 2.75) is 6.04 Å². The summed E-state index contributed by atoms with van der Waals surface area (Å²) in [5, 5.41) is 0.391. The van der Waals surface area contributed by atoms with Crippen molar-refractivity contribution in [1.29, 1.82) is 0 Å². The van der Waals surface area contributed by atoms with E-state index in [2.05, 4.69) is 0 Å². The molecule has 0 fully saturated rings. The van der Waals surface area contributed by atoms with E-state index in [1.807, 2.05) is 0 Å². The largest absolute Gasteiger partial charge is 0.320 e. The molecule has 88 valence electrons. The van der Waals surface area contributed by atoms with Gasteiger partial charge in [-0.2, -0.15) is 0 Å². The summed E-state index contributed by atoms with van der Waals surface area (Å²) in [6, 6.07) is 9.48. The fourth-order valence-electron chi connectivity index (χ4n) is 1.69. The van der Waals surface area contributed by atoms with Crippen molar-refractivity contribution < 1.29 is 8.78 Å². The first-order valence-electron chi connectivity index (χ1n) is 5.05. The molecule has 0 aliphatic carbocycles. The van der Waals surface area contributed by atoms with Crippen LogP contribution in [0.15, 0.2) is 42.5 Å². The van der Waals surface area contributed by atoms with Gasteiger partial charge in [0, 0.05) is 10.6 Å². The molecule has 0 spiro atoms. The smallest absolute Gasteiger partial charge is 0.131 e. The molecule has 2 rings (SSSR count). The van der Waals surface area contributed by atoms with Crippen molar-refractivity contribution >= 4 is 11.6 Å². The highest BCUT2D eigenvalue weighted by atomic mass is 35.5. The van der Waals surface area contributed by atoms with Gasteiger partial charge >= 0.3 is 0 Å². The lowest BCUT2D eigenvalue weighted by atomic mass is 9.98. The summed E-state index contributed by atoms with van der Waals surface area (Å²) in [5.41, 5.74) is 6.19. The minimum atomic E-state index is -0.912. The van der Waals surface area contributed by atoms with Gasteiger partial charge in [-0.1, -0.05) is 35.9 Å². The summed E-state index contributed by atoms with van der Waals surface area (Å²) >= 11 is 5.95. The summed E-state index contributed by atoms with van der Waals surface area (Å²) in [7, 11) is 0. The van der Waals surface area contributed by atoms with Crippen LogP contribution in [0.3, 0.4) is 0 Å². The first kappa shape index (κ1) is 12.0. The van der Waals surface area contributed by atoms with Crippen LogP contribution in [0.25, 0.3) is 0 Å². The van der Waals surface area contributed by atoms with Crippen LogP contribution in [-0.2, 0) is 0 Å². The van der Waals surface area contributed by atoms with Gasteiger partial charge in [-0.05, 0) is 23.8 Å². The average Bonchev–Trinajstić information content (AvgIpc) is 2.29. The second kappa shape index (κ2) is 4.82. The van der Waals surface area contributed by atoms with Crippen molar-refractivity contribution in [3.8, 4) is 0 Å². The molecule has 0 heterocycles. The van der Waals surface area contributed by atoms with Gasteiger partial charge < -0.3 is 5.73 Å². The molecule has 0 saturated heterocycles. The maximum Gasteiger partial charge on any atom is 0.131 e. The molecule has 0 aromatic heterocycles. The zero-order valence-corrected chi connectivity index (χ0v) is 9.59. The van der Waals surface area contributed by atoms with Gasteiger partial charge in [0.1, 0.15) is 11.6 Å². The molecule has 0 radical (unpaired) electrons. The van der Waals surface area contributed by atoms with Gasteiger partial charge in [0.05, 0.1) is 6.04 Å². The van der Waals surface area contributed by atoms with E-state index in [-0.39, 0.29) is 5.56 Å². The third kappa shape index (κ3) is 2.30. The summed E-state index contributed by atoms with van der Waals surface area (Å²) in [6.07, 6.45) is 0. The Hall–Kier alpha value is -1.45. The average molecular weight is 254 g/mol. The van der Waals surface area contributed by atoms with Crippen molar-refractivity contribution in [3.05, 3.63) is 70.2 Å². The Labute approximate surface area is 103 Å². The van der Waals surface area contributed by atoms with Crippen LogP contribution in [-0.4, -0.2) is 0 Å². The van der Waals surface area contributed by atoms with E-state index in [4.69, 9.17) is 17.3 Å². The molecule has 1 unspecified atom stereocenters. The topological polar surface area (TPSA) is 26.0 Å². The van der Waals surface area contributed by atoms with Crippen molar-refractivity contribution in [2.75, 3.05) is 0 Å². The Morgan fingerprint density at radius 2 is 1.53 bits per heavy atom. The monoisotopic (exact) mass is 253 g/mol. The van der Waals surface area contributed by atoms with E-state index in [0.717, 1.165) is 0 Å². The standard InChI is InChI=1S/C13H10ClF2N/c14-9-5-2-1-4-8(9)13(17)12-10(15)6-3-7-11(12)16/h1-7,13H,17H2. The fraction of sp³-hybridized carbons (Fsp3) is 0.0769. The SMILES string of the molecule is NC(c1ccccc1Cl)c1c(F)cccc1F. The molecule has 0 bridgehead atoms. The van der Waals surface area contributed by atoms with Crippen LogP contribution in [0, 0.1) is 11.6 Å². The lowest BCUT2D eigenvalue weighted by Gasteiger charge is -2.15. The van der Waals surface area contributed by atoms with Gasteiger partial charge in [0.25, 0.3) is 0 Å². The molecular formula is C13H10ClF2N. The van der Waals surface area contributed by atoms with E-state index < -0.39 is 17.7 Å². The number of hydrogen-bond donors (Lipinski definition) is 1. The molecule has 17 heavy (non-hydrogen) atoms. The molecular weight excluding hydrogens is 244 g/mol. The molecule has 2 N–H and O–H groups in total. The van der Waals surface area contributed by atoms with Crippen molar-refractivity contribution in [2.24, 2.45) is 5.73 Å². The molecule has 0 aliphatic rings. The lowest BCUT2D eigenvalue weighted by Crippen LogP contribution is -2.16. The number of hydrogen-bond acceptors (Lipinski definition) is 1. The molecule has 4 heteroatoms. The Balaban J connectivity index is 2.51. The van der Waals surface area contributed by atoms with Gasteiger partial charge in [-0.3, -0.25) is 0 Å². The first-order valence-corrected chi connectivity index (χ1v) is 5.43. The van der Waals surface area contributed by atoms with Crippen LogP contribution in [0.2, 0.25) is 5.02 Å². The Kier molecular flexibility index (Phi) is 3.41. The van der Waals surface area contributed by atoms with Crippen LogP contribution >= 0.6 is 11.6 Å². The number of nitrogens with two attached hydrogens (primary N) is 1. The van der Waals surface area contributed by atoms with Crippen LogP contribution < -0.4 is 5.73 Å². The van der Waals surface area contributed by atoms with E-state index in [9.17, 15) is 8.78 Å². The van der Waals surface area contributed by atoms with E-state index in [1.165, 1.54) is 18.2 Å². The molecule has 2 aromatic carbocycles. The predicted octanol–water partition coefficient (Wildman–Crippen LogP) is 3.67. The second-order valence-corrected chi connectivity index (χ2v) is 4.04. The number of benzene rings is 2. The predicted molar refractivity (Wildman–Crippen MR) is 63.8 cm³/mol. The molecule has 0 aliphatic heterocycles. The van der Waals surface area contributed by atoms with E-state index >= 15 is 0 Å². The van der Waals surface area contributed by atoms with Crippen LogP contribution in [0.5, 0.6) is 0 Å². The summed E-state index contributed by atoms with van der Waals surface area (Å²) in [4.78, 5) is 0.